The molecular formula is C21H21F3N2O2. The van der Waals surface area contributed by atoms with Crippen molar-refractivity contribution in [3.05, 3.63) is 74.5 Å². The summed E-state index contributed by atoms with van der Waals surface area (Å²) >= 11 is 0. The summed E-state index contributed by atoms with van der Waals surface area (Å²) in [6.07, 6.45) is -3.28. The fourth-order valence-electron chi connectivity index (χ4n) is 3.41. The van der Waals surface area contributed by atoms with Crippen LogP contribution in [0.4, 0.5) is 18.9 Å². The van der Waals surface area contributed by atoms with E-state index < -0.39 is 23.0 Å². The molecule has 0 fully saturated rings. The molecule has 4 nitrogen and oxygen atoms in total. The molecule has 3 rings (SSSR count). The molecule has 0 atom stereocenters. The lowest BCUT2D eigenvalue weighted by Gasteiger charge is -2.19. The first kappa shape index (κ1) is 19.8. The van der Waals surface area contributed by atoms with Crippen LogP contribution < -0.4 is 11.3 Å². The molecule has 0 spiro atoms. The van der Waals surface area contributed by atoms with Crippen LogP contribution in [0.1, 0.15) is 33.6 Å². The third-order valence-corrected chi connectivity index (χ3v) is 4.88. The van der Waals surface area contributed by atoms with Gasteiger partial charge in [0.15, 0.2) is 0 Å². The minimum Gasteiger partial charge on any atom is -0.469 e. The van der Waals surface area contributed by atoms with Crippen LogP contribution in [0.3, 0.4) is 0 Å². The van der Waals surface area contributed by atoms with Gasteiger partial charge in [-0.05, 0) is 50.5 Å². The van der Waals surface area contributed by atoms with E-state index in [-0.39, 0.29) is 12.2 Å². The smallest absolute Gasteiger partial charge is 0.418 e. The average Bonchev–Trinajstić information content (AvgIpc) is 2.92. The molecule has 148 valence electrons. The van der Waals surface area contributed by atoms with Crippen LogP contribution >= 0.6 is 0 Å². The average molecular weight is 390 g/mol. The Morgan fingerprint density at radius 2 is 1.75 bits per heavy atom. The van der Waals surface area contributed by atoms with E-state index in [1.165, 1.54) is 10.8 Å². The first-order valence-electron chi connectivity index (χ1n) is 8.72. The van der Waals surface area contributed by atoms with Crippen molar-refractivity contribution in [2.24, 2.45) is 0 Å². The Balaban J connectivity index is 2.32. The molecule has 0 bridgehead atoms. The molecule has 0 aliphatic rings. The number of furan rings is 1. The highest BCUT2D eigenvalue weighted by atomic mass is 19.4. The zero-order chi connectivity index (χ0) is 20.8. The van der Waals surface area contributed by atoms with Crippen molar-refractivity contribution < 1.29 is 17.6 Å². The van der Waals surface area contributed by atoms with E-state index in [0.29, 0.717) is 16.9 Å². The van der Waals surface area contributed by atoms with Gasteiger partial charge >= 0.3 is 6.18 Å². The number of benzene rings is 1. The molecule has 0 saturated heterocycles. The molecule has 2 heterocycles. The molecule has 3 aromatic rings. The van der Waals surface area contributed by atoms with Crippen molar-refractivity contribution >= 4 is 5.69 Å². The second-order valence-electron chi connectivity index (χ2n) is 7.03. The number of anilines is 1. The molecular weight excluding hydrogens is 369 g/mol. The first-order valence-corrected chi connectivity index (χ1v) is 8.72. The SMILES string of the molecule is Cc1ccc(Cn2c(-c3c(C)coc3C)cc(C(F)(F)F)c(N)c2=O)c(C)c1. The molecule has 7 heteroatoms. The highest BCUT2D eigenvalue weighted by Gasteiger charge is 2.36. The molecule has 2 aromatic heterocycles. The molecule has 0 amide bonds. The minimum atomic E-state index is -4.73. The Bertz CT molecular complexity index is 1090. The van der Waals surface area contributed by atoms with Gasteiger partial charge in [-0.15, -0.1) is 0 Å². The monoisotopic (exact) mass is 390 g/mol. The van der Waals surface area contributed by atoms with Gasteiger partial charge in [0.25, 0.3) is 5.56 Å². The maximum Gasteiger partial charge on any atom is 0.418 e. The van der Waals surface area contributed by atoms with E-state index in [0.717, 1.165) is 22.8 Å². The molecule has 0 radical (unpaired) electrons. The Hall–Kier alpha value is -2.96. The van der Waals surface area contributed by atoms with Crippen LogP contribution in [0.2, 0.25) is 0 Å². The molecule has 28 heavy (non-hydrogen) atoms. The summed E-state index contributed by atoms with van der Waals surface area (Å²) in [5, 5.41) is 0. The number of nitrogens with two attached hydrogens (primary N) is 1. The summed E-state index contributed by atoms with van der Waals surface area (Å²) in [5.74, 6) is 0.434. The molecule has 2 N–H and O–H groups in total. The Labute approximate surface area is 160 Å². The van der Waals surface area contributed by atoms with E-state index in [1.54, 1.807) is 13.8 Å². The van der Waals surface area contributed by atoms with Crippen molar-refractivity contribution in [1.82, 2.24) is 4.57 Å². The number of hydrogen-bond donors (Lipinski definition) is 1. The summed E-state index contributed by atoms with van der Waals surface area (Å²) in [7, 11) is 0. The number of aryl methyl sites for hydroxylation is 4. The van der Waals surface area contributed by atoms with Gasteiger partial charge in [0, 0.05) is 5.56 Å². The molecule has 0 aliphatic heterocycles. The first-order chi connectivity index (χ1) is 13.0. The highest BCUT2D eigenvalue weighted by Crippen LogP contribution is 2.37. The highest BCUT2D eigenvalue weighted by molar-refractivity contribution is 5.69. The van der Waals surface area contributed by atoms with Gasteiger partial charge in [-0.1, -0.05) is 23.8 Å². The lowest BCUT2D eigenvalue weighted by atomic mass is 10.0. The molecule has 0 saturated carbocycles. The number of pyridine rings is 1. The third kappa shape index (κ3) is 3.44. The summed E-state index contributed by atoms with van der Waals surface area (Å²) < 4.78 is 47.0. The van der Waals surface area contributed by atoms with E-state index in [4.69, 9.17) is 10.2 Å². The van der Waals surface area contributed by atoms with Crippen LogP contribution in [0.15, 0.2) is 39.7 Å². The number of rotatable bonds is 3. The predicted molar refractivity (Wildman–Crippen MR) is 102 cm³/mol. The van der Waals surface area contributed by atoms with Crippen molar-refractivity contribution in [3.63, 3.8) is 0 Å². The number of alkyl halides is 3. The Kier molecular flexibility index (Phi) is 4.87. The maximum atomic E-state index is 13.5. The van der Waals surface area contributed by atoms with Gasteiger partial charge in [0.2, 0.25) is 0 Å². The van der Waals surface area contributed by atoms with Crippen LogP contribution in [0, 0.1) is 27.7 Å². The number of halogens is 3. The van der Waals surface area contributed by atoms with Crippen molar-refractivity contribution in [3.8, 4) is 11.3 Å². The van der Waals surface area contributed by atoms with Crippen molar-refractivity contribution in [1.29, 1.82) is 0 Å². The van der Waals surface area contributed by atoms with E-state index >= 15 is 0 Å². The zero-order valence-corrected chi connectivity index (χ0v) is 16.1. The topological polar surface area (TPSA) is 61.2 Å². The number of nitrogens with zero attached hydrogens (tertiary/aromatic N) is 1. The fourth-order valence-corrected chi connectivity index (χ4v) is 3.41. The number of hydrogen-bond acceptors (Lipinski definition) is 3. The van der Waals surface area contributed by atoms with Crippen LogP contribution in [-0.2, 0) is 12.7 Å². The van der Waals surface area contributed by atoms with Gasteiger partial charge in [0.05, 0.1) is 24.1 Å². The van der Waals surface area contributed by atoms with Crippen LogP contribution in [0.25, 0.3) is 11.3 Å². The lowest BCUT2D eigenvalue weighted by molar-refractivity contribution is -0.137. The largest absolute Gasteiger partial charge is 0.469 e. The summed E-state index contributed by atoms with van der Waals surface area (Å²) in [6, 6.07) is 6.66. The quantitative estimate of drug-likeness (QED) is 0.685. The second-order valence-corrected chi connectivity index (χ2v) is 7.03. The second kappa shape index (κ2) is 6.89. The maximum absolute atomic E-state index is 13.5. The number of aromatic nitrogens is 1. The zero-order valence-electron chi connectivity index (χ0n) is 16.1. The van der Waals surface area contributed by atoms with E-state index in [1.807, 2.05) is 32.0 Å². The molecule has 0 unspecified atom stereocenters. The Morgan fingerprint density at radius 1 is 1.07 bits per heavy atom. The van der Waals surface area contributed by atoms with Crippen molar-refractivity contribution in [2.75, 3.05) is 5.73 Å². The third-order valence-electron chi connectivity index (χ3n) is 4.88. The molecule has 1 aromatic carbocycles. The fraction of sp³-hybridized carbons (Fsp3) is 0.286. The lowest BCUT2D eigenvalue weighted by Crippen LogP contribution is -2.29. The van der Waals surface area contributed by atoms with Gasteiger partial charge in [-0.2, -0.15) is 13.2 Å². The number of nitrogen functional groups attached to an aromatic ring is 1. The van der Waals surface area contributed by atoms with Crippen LogP contribution in [-0.4, -0.2) is 4.57 Å². The summed E-state index contributed by atoms with van der Waals surface area (Å²) in [6.45, 7) is 7.32. The van der Waals surface area contributed by atoms with Gasteiger partial charge < -0.3 is 14.7 Å². The van der Waals surface area contributed by atoms with Gasteiger partial charge in [0.1, 0.15) is 11.4 Å². The van der Waals surface area contributed by atoms with Gasteiger partial charge in [-0.3, -0.25) is 4.79 Å². The summed E-state index contributed by atoms with van der Waals surface area (Å²) in [4.78, 5) is 12.9. The predicted octanol–water partition coefficient (Wildman–Crippen LogP) is 4.99. The summed E-state index contributed by atoms with van der Waals surface area (Å²) in [5.41, 5.74) is 6.86. The Morgan fingerprint density at radius 3 is 2.29 bits per heavy atom. The molecule has 0 aliphatic carbocycles. The minimum absolute atomic E-state index is 0.104. The standard InChI is InChI=1S/C21H21F3N2O2/c1-11-5-6-15(12(2)7-11)9-26-17(18-13(3)10-28-14(18)4)8-16(21(22,23)24)19(25)20(26)27/h5-8,10H,9,25H2,1-4H3. The van der Waals surface area contributed by atoms with E-state index in [9.17, 15) is 18.0 Å². The van der Waals surface area contributed by atoms with Crippen molar-refractivity contribution in [2.45, 2.75) is 40.4 Å². The van der Waals surface area contributed by atoms with E-state index in [2.05, 4.69) is 0 Å². The normalized spacial score (nSPS) is 11.8. The van der Waals surface area contributed by atoms with Crippen LogP contribution in [0.5, 0.6) is 0 Å². The van der Waals surface area contributed by atoms with Gasteiger partial charge in [-0.25, -0.2) is 0 Å².